The predicted molar refractivity (Wildman–Crippen MR) is 323 cm³/mol. The van der Waals surface area contributed by atoms with Crippen LogP contribution < -0.4 is 0 Å². The van der Waals surface area contributed by atoms with Gasteiger partial charge in [-0.2, -0.15) is 0 Å². The molecule has 12 saturated carbocycles. The molecule has 0 radical (unpaired) electrons. The largest absolute Gasteiger partial charge is 0.294 e. The van der Waals surface area contributed by atoms with Crippen LogP contribution in [-0.2, 0) is 0 Å². The average molecular weight is 1050 g/mol. The Morgan fingerprint density at radius 1 is 0.105 bits per heavy atom. The van der Waals surface area contributed by atoms with Gasteiger partial charge in [0.25, 0.3) is 0 Å². The first-order valence-corrected chi connectivity index (χ1v) is 36.8. The van der Waals surface area contributed by atoms with Gasteiger partial charge in [-0.25, -0.2) is 0 Å². The minimum atomic E-state index is 0.906. The summed E-state index contributed by atoms with van der Waals surface area (Å²) < 4.78 is 0. The first-order valence-electron chi connectivity index (χ1n) is 36.8. The van der Waals surface area contributed by atoms with Crippen molar-refractivity contribution < 1.29 is 0 Å². The molecule has 0 unspecified atom stereocenters. The molecule has 76 heavy (non-hydrogen) atoms. The maximum absolute atomic E-state index is 3.33. The van der Waals surface area contributed by atoms with Crippen molar-refractivity contribution in [2.24, 2.45) is 35.5 Å². The molecule has 0 saturated heterocycles. The van der Waals surface area contributed by atoms with E-state index >= 15 is 0 Å². The van der Waals surface area contributed by atoms with Crippen molar-refractivity contribution >= 4 is 0 Å². The molecule has 0 aromatic heterocycles. The summed E-state index contributed by atoms with van der Waals surface area (Å²) in [5, 5.41) is 0. The molecule has 0 N–H and O–H groups in total. The van der Waals surface area contributed by atoms with Crippen LogP contribution in [0.15, 0.2) is 0 Å². The van der Waals surface area contributed by atoms with E-state index < -0.39 is 0 Å². The molecule has 0 aromatic carbocycles. The molecule has 0 atom stereocenters. The highest BCUT2D eigenvalue weighted by molar-refractivity contribution is 4.99. The van der Waals surface area contributed by atoms with Gasteiger partial charge in [-0.3, -0.25) is 19.6 Å². The first kappa shape index (κ1) is 56.3. The number of nitrogens with zero attached hydrogens (tertiary/aromatic N) is 4. The molecule has 0 spiro atoms. The fourth-order valence-electron chi connectivity index (χ4n) is 23.1. The van der Waals surface area contributed by atoms with Gasteiger partial charge in [-0.05, 0) is 267 Å². The third-order valence-corrected chi connectivity index (χ3v) is 27.0. The van der Waals surface area contributed by atoms with E-state index in [4.69, 9.17) is 0 Å². The van der Waals surface area contributed by atoms with Crippen LogP contribution >= 0.6 is 0 Å². The molecule has 0 aliphatic heterocycles. The van der Waals surface area contributed by atoms with E-state index in [-0.39, 0.29) is 0 Å². The normalized spacial score (nSPS) is 39.8. The third-order valence-electron chi connectivity index (χ3n) is 27.0. The van der Waals surface area contributed by atoms with Gasteiger partial charge in [0.05, 0.1) is 0 Å². The number of hydrogen-bond donors (Lipinski definition) is 0. The first-order chi connectivity index (χ1) is 37.7. The van der Waals surface area contributed by atoms with E-state index in [1.54, 1.807) is 128 Å². The Bertz CT molecular complexity index is 1440. The molecular formula is C72H126N4. The molecule has 12 aliphatic rings. The fraction of sp³-hybridized carbons (Fsp3) is 1.00. The summed E-state index contributed by atoms with van der Waals surface area (Å²) in [5.41, 5.74) is 0. The lowest BCUT2D eigenvalue weighted by Gasteiger charge is -2.52. The Kier molecular flexibility index (Phi) is 21.1. The fourth-order valence-corrected chi connectivity index (χ4v) is 23.1. The highest BCUT2D eigenvalue weighted by atomic mass is 15.2. The van der Waals surface area contributed by atoms with E-state index in [1.807, 2.05) is 0 Å². The third kappa shape index (κ3) is 13.9. The van der Waals surface area contributed by atoms with Crippen molar-refractivity contribution in [3.63, 3.8) is 0 Å². The number of rotatable bonds is 15. The van der Waals surface area contributed by atoms with Crippen molar-refractivity contribution in [2.75, 3.05) is 0 Å². The van der Waals surface area contributed by atoms with Crippen molar-refractivity contribution in [3.05, 3.63) is 0 Å². The lowest BCUT2D eigenvalue weighted by Crippen LogP contribution is -2.54. The van der Waals surface area contributed by atoms with Gasteiger partial charge in [0.1, 0.15) is 0 Å². The Balaban J connectivity index is 0.603. The quantitative estimate of drug-likeness (QED) is 0.162. The minimum Gasteiger partial charge on any atom is -0.294 e. The summed E-state index contributed by atoms with van der Waals surface area (Å²) in [7, 11) is 0. The monoisotopic (exact) mass is 1050 g/mol. The van der Waals surface area contributed by atoms with Gasteiger partial charge in [-0.1, -0.05) is 116 Å². The smallest absolute Gasteiger partial charge is 0.0101 e. The van der Waals surface area contributed by atoms with E-state index in [1.165, 1.54) is 218 Å². The second kappa shape index (κ2) is 28.4. The SMILES string of the molecule is C1CCC(N(C2CCCCC2)C2CCC(C3CCC(N(C4CCCCC4)C4CCC(C5CCC(N(C6CCCCC6)C6CCC(C7CCC(N(C8CCCCC8)C8CCCCC8)CC7)CC6)CC5)CC4)CC3)CC2)CC1. The molecule has 12 aliphatic carbocycles. The zero-order valence-corrected chi connectivity index (χ0v) is 50.4. The molecule has 434 valence electrons. The van der Waals surface area contributed by atoms with Gasteiger partial charge in [-0.15, -0.1) is 0 Å². The Labute approximate surface area is 472 Å². The van der Waals surface area contributed by atoms with Gasteiger partial charge in [0, 0.05) is 72.5 Å². The van der Waals surface area contributed by atoms with Gasteiger partial charge in [0.15, 0.2) is 0 Å². The zero-order valence-electron chi connectivity index (χ0n) is 50.4. The molecule has 0 amide bonds. The van der Waals surface area contributed by atoms with Crippen LogP contribution in [0.4, 0.5) is 0 Å². The average Bonchev–Trinajstić information content (AvgIpc) is 3.51. The maximum atomic E-state index is 3.33. The predicted octanol–water partition coefficient (Wildman–Crippen LogP) is 19.5. The van der Waals surface area contributed by atoms with E-state index in [2.05, 4.69) is 19.6 Å². The topological polar surface area (TPSA) is 13.0 Å². The highest BCUT2D eigenvalue weighted by Gasteiger charge is 2.45. The van der Waals surface area contributed by atoms with Crippen LogP contribution in [0.1, 0.15) is 347 Å². The van der Waals surface area contributed by atoms with Crippen molar-refractivity contribution in [3.8, 4) is 0 Å². The van der Waals surface area contributed by atoms with Crippen LogP contribution in [0.2, 0.25) is 0 Å². The van der Waals surface area contributed by atoms with Crippen molar-refractivity contribution in [2.45, 2.75) is 419 Å². The van der Waals surface area contributed by atoms with Crippen molar-refractivity contribution in [1.29, 1.82) is 0 Å². The van der Waals surface area contributed by atoms with E-state index in [0.717, 1.165) is 108 Å². The Morgan fingerprint density at radius 2 is 0.211 bits per heavy atom. The summed E-state index contributed by atoms with van der Waals surface area (Å²) in [5.74, 6) is 6.25. The molecule has 12 fully saturated rings. The Morgan fingerprint density at radius 3 is 0.329 bits per heavy atom. The summed E-state index contributed by atoms with van der Waals surface area (Å²) in [6.45, 7) is 0. The second-order valence-corrected chi connectivity index (χ2v) is 31.0. The standard InChI is InChI=1S/C72H126N4/c1-7-19-61(20-8-1)73(62-21-9-2-10-22-62)67-43-31-55(32-44-67)57-35-47-69(48-36-57)75(65-27-15-5-16-28-65)71-51-39-59(40-52-71)60-41-53-72(54-42-60)76(66-29-17-6-18-30-66)70-49-37-58(38-50-70)56-33-45-68(46-34-56)74(63-23-11-3-12-24-63)64-25-13-4-14-26-64/h55-72H,1-54H2. The molecule has 0 heterocycles. The van der Waals surface area contributed by atoms with Crippen molar-refractivity contribution in [1.82, 2.24) is 19.6 Å². The van der Waals surface area contributed by atoms with E-state index in [9.17, 15) is 0 Å². The van der Waals surface area contributed by atoms with Crippen LogP contribution in [0, 0.1) is 35.5 Å². The Hall–Kier alpha value is -0.160. The summed E-state index contributed by atoms with van der Waals surface area (Å²) in [6, 6.07) is 11.0. The van der Waals surface area contributed by atoms with Gasteiger partial charge >= 0.3 is 0 Å². The molecule has 0 bridgehead atoms. The van der Waals surface area contributed by atoms with Crippen LogP contribution in [0.5, 0.6) is 0 Å². The molecule has 4 nitrogen and oxygen atoms in total. The zero-order chi connectivity index (χ0) is 50.9. The molecule has 0 aromatic rings. The summed E-state index contributed by atoms with van der Waals surface area (Å²) >= 11 is 0. The second-order valence-electron chi connectivity index (χ2n) is 31.0. The molecular weight excluding hydrogens is 921 g/mol. The minimum absolute atomic E-state index is 0.906. The lowest BCUT2D eigenvalue weighted by atomic mass is 9.68. The maximum Gasteiger partial charge on any atom is 0.0101 e. The molecule has 12 rings (SSSR count). The van der Waals surface area contributed by atoms with Crippen LogP contribution in [-0.4, -0.2) is 92.1 Å². The van der Waals surface area contributed by atoms with Gasteiger partial charge < -0.3 is 0 Å². The summed E-state index contributed by atoms with van der Waals surface area (Å²) in [4.78, 5) is 13.1. The summed E-state index contributed by atoms with van der Waals surface area (Å²) in [6.07, 6.45) is 82.6. The van der Waals surface area contributed by atoms with Crippen LogP contribution in [0.3, 0.4) is 0 Å². The van der Waals surface area contributed by atoms with E-state index in [0.29, 0.717) is 0 Å². The lowest BCUT2D eigenvalue weighted by molar-refractivity contribution is -0.0183. The van der Waals surface area contributed by atoms with Gasteiger partial charge in [0.2, 0.25) is 0 Å². The van der Waals surface area contributed by atoms with Crippen LogP contribution in [0.25, 0.3) is 0 Å². The molecule has 4 heteroatoms. The highest BCUT2D eigenvalue weighted by Crippen LogP contribution is 2.49. The number of hydrogen-bond acceptors (Lipinski definition) is 4.